The number of methoxy groups -OCH3 is 1. The normalized spacial score (nSPS) is 14.3. The minimum absolute atomic E-state index is 0.00751. The van der Waals surface area contributed by atoms with Gasteiger partial charge in [-0.2, -0.15) is 0 Å². The van der Waals surface area contributed by atoms with Crippen LogP contribution in [-0.4, -0.2) is 22.1 Å². The van der Waals surface area contributed by atoms with E-state index in [1.54, 1.807) is 32.0 Å². The lowest BCUT2D eigenvalue weighted by Crippen LogP contribution is -2.40. The molecule has 0 saturated carbocycles. The Morgan fingerprint density at radius 2 is 1.84 bits per heavy atom. The summed E-state index contributed by atoms with van der Waals surface area (Å²) in [5, 5.41) is 0.380. The van der Waals surface area contributed by atoms with Crippen LogP contribution in [0.25, 0.3) is 0 Å². The highest BCUT2D eigenvalue weighted by atomic mass is 35.5. The lowest BCUT2D eigenvalue weighted by Gasteiger charge is -2.29. The minimum atomic E-state index is -3.94. The molecule has 25 heavy (non-hydrogen) atoms. The molecule has 0 saturated heterocycles. The van der Waals surface area contributed by atoms with E-state index in [-0.39, 0.29) is 22.0 Å². The van der Waals surface area contributed by atoms with Gasteiger partial charge in [0.05, 0.1) is 5.02 Å². The van der Waals surface area contributed by atoms with E-state index < -0.39 is 21.4 Å². The van der Waals surface area contributed by atoms with Gasteiger partial charge < -0.3 is 4.74 Å². The van der Waals surface area contributed by atoms with Crippen LogP contribution in [0.5, 0.6) is 0 Å². The maximum atomic E-state index is 14.1. The van der Waals surface area contributed by atoms with E-state index in [0.29, 0.717) is 10.6 Å². The number of nitrogens with one attached hydrogen (secondary N) is 1. The van der Waals surface area contributed by atoms with Gasteiger partial charge in [-0.3, -0.25) is 0 Å². The zero-order valence-electron chi connectivity index (χ0n) is 13.9. The van der Waals surface area contributed by atoms with Gasteiger partial charge >= 0.3 is 0 Å². The van der Waals surface area contributed by atoms with E-state index in [9.17, 15) is 12.8 Å². The Balaban J connectivity index is 2.32. The summed E-state index contributed by atoms with van der Waals surface area (Å²) < 4.78 is 47.1. The van der Waals surface area contributed by atoms with Crippen LogP contribution in [0.1, 0.15) is 18.1 Å². The number of sulfonamides is 1. The van der Waals surface area contributed by atoms with Crippen LogP contribution in [0.4, 0.5) is 4.39 Å². The smallest absolute Gasteiger partial charge is 0.242 e. The van der Waals surface area contributed by atoms with E-state index in [1.807, 2.05) is 0 Å². The largest absolute Gasteiger partial charge is 0.372 e. The van der Waals surface area contributed by atoms with Crippen LogP contribution in [0.2, 0.25) is 10.0 Å². The second-order valence-electron chi connectivity index (χ2n) is 5.77. The summed E-state index contributed by atoms with van der Waals surface area (Å²) in [6.07, 6.45) is 0. The van der Waals surface area contributed by atoms with E-state index in [1.165, 1.54) is 25.3 Å². The van der Waals surface area contributed by atoms with Crippen LogP contribution in [0, 0.1) is 12.7 Å². The van der Waals surface area contributed by atoms with Crippen molar-refractivity contribution in [2.24, 2.45) is 0 Å². The minimum Gasteiger partial charge on any atom is -0.372 e. The fourth-order valence-corrected chi connectivity index (χ4v) is 4.27. The van der Waals surface area contributed by atoms with Gasteiger partial charge in [0.2, 0.25) is 10.0 Å². The molecule has 0 fully saturated rings. The van der Waals surface area contributed by atoms with Crippen molar-refractivity contribution in [1.29, 1.82) is 0 Å². The van der Waals surface area contributed by atoms with Gasteiger partial charge in [-0.25, -0.2) is 17.5 Å². The second kappa shape index (κ2) is 7.60. The molecule has 1 N–H and O–H groups in total. The van der Waals surface area contributed by atoms with Crippen molar-refractivity contribution in [3.63, 3.8) is 0 Å². The van der Waals surface area contributed by atoms with Crippen molar-refractivity contribution in [1.82, 2.24) is 4.72 Å². The fraction of sp³-hybridized carbons (Fsp3) is 0.294. The van der Waals surface area contributed by atoms with Gasteiger partial charge in [0.1, 0.15) is 16.3 Å². The Bertz CT molecular complexity index is 889. The Morgan fingerprint density at radius 3 is 2.44 bits per heavy atom. The Labute approximate surface area is 157 Å². The molecule has 136 valence electrons. The summed E-state index contributed by atoms with van der Waals surface area (Å²) in [7, 11) is -2.55. The maximum absolute atomic E-state index is 14.1. The van der Waals surface area contributed by atoms with Crippen molar-refractivity contribution < 1.29 is 17.5 Å². The molecule has 0 bridgehead atoms. The standard InChI is InChI=1S/C17H18Cl2FNO3S/c1-11-8-16(14(19)9-13(11)18)25(22,23)21-10-17(2,24-3)12-6-4-5-7-15(12)20/h4-9,21H,10H2,1-3H3. The highest BCUT2D eigenvalue weighted by molar-refractivity contribution is 7.89. The lowest BCUT2D eigenvalue weighted by atomic mass is 9.95. The number of hydrogen-bond acceptors (Lipinski definition) is 3. The number of benzene rings is 2. The summed E-state index contributed by atoms with van der Waals surface area (Å²) >= 11 is 12.0. The summed E-state index contributed by atoms with van der Waals surface area (Å²) in [6.45, 7) is 3.10. The number of ether oxygens (including phenoxy) is 1. The lowest BCUT2D eigenvalue weighted by molar-refractivity contribution is 0.00410. The molecule has 0 spiro atoms. The highest BCUT2D eigenvalue weighted by Crippen LogP contribution is 2.30. The number of halogens is 3. The first kappa shape index (κ1) is 20.1. The monoisotopic (exact) mass is 405 g/mol. The van der Waals surface area contributed by atoms with Gasteiger partial charge in [0.15, 0.2) is 0 Å². The molecule has 0 amide bonds. The quantitative estimate of drug-likeness (QED) is 0.779. The Morgan fingerprint density at radius 1 is 1.20 bits per heavy atom. The van der Waals surface area contributed by atoms with Gasteiger partial charge in [-0.05, 0) is 37.6 Å². The molecule has 1 unspecified atom stereocenters. The van der Waals surface area contributed by atoms with Crippen LogP contribution >= 0.6 is 23.2 Å². The first-order valence-electron chi connectivity index (χ1n) is 7.36. The maximum Gasteiger partial charge on any atom is 0.242 e. The average Bonchev–Trinajstić information content (AvgIpc) is 2.56. The van der Waals surface area contributed by atoms with E-state index in [0.717, 1.165) is 0 Å². The molecule has 0 aromatic heterocycles. The van der Waals surface area contributed by atoms with Gasteiger partial charge in [0.25, 0.3) is 0 Å². The third-order valence-electron chi connectivity index (χ3n) is 4.00. The SMILES string of the molecule is COC(C)(CNS(=O)(=O)c1cc(C)c(Cl)cc1Cl)c1ccccc1F. The van der Waals surface area contributed by atoms with E-state index in [2.05, 4.69) is 4.72 Å². The van der Waals surface area contributed by atoms with Crippen molar-refractivity contribution in [2.45, 2.75) is 24.3 Å². The zero-order chi connectivity index (χ0) is 18.8. The predicted octanol–water partition coefficient (Wildman–Crippen LogP) is 4.28. The molecular weight excluding hydrogens is 388 g/mol. The van der Waals surface area contributed by atoms with E-state index in [4.69, 9.17) is 27.9 Å². The van der Waals surface area contributed by atoms with Crippen molar-refractivity contribution in [2.75, 3.05) is 13.7 Å². The van der Waals surface area contributed by atoms with Crippen molar-refractivity contribution in [3.05, 3.63) is 63.4 Å². The molecule has 1 atom stereocenters. The Kier molecular flexibility index (Phi) is 6.12. The molecule has 0 aliphatic carbocycles. The first-order chi connectivity index (χ1) is 11.6. The van der Waals surface area contributed by atoms with E-state index >= 15 is 0 Å². The summed E-state index contributed by atoms with van der Waals surface area (Å²) in [5.74, 6) is -0.480. The topological polar surface area (TPSA) is 55.4 Å². The number of hydrogen-bond donors (Lipinski definition) is 1. The molecule has 2 aromatic carbocycles. The fourth-order valence-electron chi connectivity index (χ4n) is 2.31. The van der Waals surface area contributed by atoms with Crippen LogP contribution in [0.3, 0.4) is 0 Å². The molecule has 4 nitrogen and oxygen atoms in total. The highest BCUT2D eigenvalue weighted by Gasteiger charge is 2.32. The molecular formula is C17H18Cl2FNO3S. The van der Waals surface area contributed by atoms with Crippen molar-refractivity contribution in [3.8, 4) is 0 Å². The molecule has 0 aliphatic heterocycles. The van der Waals surface area contributed by atoms with Crippen LogP contribution in [-0.2, 0) is 20.4 Å². The molecule has 0 aliphatic rings. The molecule has 2 rings (SSSR count). The number of aryl methyl sites for hydroxylation is 1. The van der Waals surface area contributed by atoms with Gasteiger partial charge in [-0.1, -0.05) is 41.4 Å². The zero-order valence-corrected chi connectivity index (χ0v) is 16.3. The first-order valence-corrected chi connectivity index (χ1v) is 9.60. The Hall–Kier alpha value is -1.18. The third kappa shape index (κ3) is 4.33. The van der Waals surface area contributed by atoms with Crippen LogP contribution < -0.4 is 4.72 Å². The van der Waals surface area contributed by atoms with Crippen LogP contribution in [0.15, 0.2) is 41.3 Å². The van der Waals surface area contributed by atoms with Gasteiger partial charge in [-0.15, -0.1) is 0 Å². The van der Waals surface area contributed by atoms with Gasteiger partial charge in [0, 0.05) is 24.2 Å². The third-order valence-corrected chi connectivity index (χ3v) is 6.27. The summed E-state index contributed by atoms with van der Waals surface area (Å²) in [5.41, 5.74) is -0.361. The molecule has 0 heterocycles. The molecule has 8 heteroatoms. The summed E-state index contributed by atoms with van der Waals surface area (Å²) in [4.78, 5) is -0.0944. The predicted molar refractivity (Wildman–Crippen MR) is 97.1 cm³/mol. The summed E-state index contributed by atoms with van der Waals surface area (Å²) in [6, 6.07) is 8.81. The number of rotatable bonds is 6. The molecule has 0 radical (unpaired) electrons. The average molecular weight is 406 g/mol. The van der Waals surface area contributed by atoms with Crippen molar-refractivity contribution >= 4 is 33.2 Å². The molecule has 2 aromatic rings. The second-order valence-corrected chi connectivity index (χ2v) is 8.32.